The Balaban J connectivity index is 3.05. The van der Waals surface area contributed by atoms with Gasteiger partial charge in [-0.15, -0.1) is 0 Å². The number of carbonyl (C=O) groups is 1. The lowest BCUT2D eigenvalue weighted by Crippen LogP contribution is -2.22. The molecule has 3 heteroatoms. The molecule has 0 aliphatic carbocycles. The van der Waals surface area contributed by atoms with Crippen LogP contribution in [0.4, 0.5) is 0 Å². The third-order valence-electron chi connectivity index (χ3n) is 3.48. The summed E-state index contributed by atoms with van der Waals surface area (Å²) in [5.41, 5.74) is 0. The SMILES string of the molecule is CCCCCCCCCCCCCCNC(=O)C#CI. The van der Waals surface area contributed by atoms with Crippen LogP contribution in [-0.2, 0) is 4.79 Å². The molecule has 0 rings (SSSR count). The Bertz CT molecular complexity index is 280. The molecule has 0 radical (unpaired) electrons. The van der Waals surface area contributed by atoms with Crippen LogP contribution in [0.5, 0.6) is 0 Å². The van der Waals surface area contributed by atoms with Crippen molar-refractivity contribution in [1.82, 2.24) is 5.32 Å². The van der Waals surface area contributed by atoms with Gasteiger partial charge in [-0.2, -0.15) is 0 Å². The van der Waals surface area contributed by atoms with E-state index in [1.807, 2.05) is 22.6 Å². The third-order valence-corrected chi connectivity index (χ3v) is 3.75. The van der Waals surface area contributed by atoms with Crippen molar-refractivity contribution in [3.05, 3.63) is 0 Å². The molecule has 116 valence electrons. The van der Waals surface area contributed by atoms with Crippen LogP contribution in [0, 0.1) is 9.85 Å². The molecule has 0 unspecified atom stereocenters. The van der Waals surface area contributed by atoms with Crippen molar-refractivity contribution in [2.45, 2.75) is 84.0 Å². The Morgan fingerprint density at radius 2 is 1.30 bits per heavy atom. The van der Waals surface area contributed by atoms with Crippen LogP contribution < -0.4 is 5.32 Å². The zero-order valence-corrected chi connectivity index (χ0v) is 15.1. The van der Waals surface area contributed by atoms with Gasteiger partial charge < -0.3 is 5.32 Å². The third kappa shape index (κ3) is 15.8. The molecule has 2 nitrogen and oxygen atoms in total. The van der Waals surface area contributed by atoms with Gasteiger partial charge >= 0.3 is 0 Å². The van der Waals surface area contributed by atoms with Crippen molar-refractivity contribution in [3.63, 3.8) is 0 Å². The lowest BCUT2D eigenvalue weighted by Gasteiger charge is -2.03. The Morgan fingerprint density at radius 1 is 0.850 bits per heavy atom. The molecule has 0 fully saturated rings. The summed E-state index contributed by atoms with van der Waals surface area (Å²) in [7, 11) is 0. The van der Waals surface area contributed by atoms with Gasteiger partial charge in [0.1, 0.15) is 0 Å². The number of hydrogen-bond donors (Lipinski definition) is 1. The van der Waals surface area contributed by atoms with Gasteiger partial charge in [-0.25, -0.2) is 0 Å². The summed E-state index contributed by atoms with van der Waals surface area (Å²) in [5.74, 6) is 2.33. The van der Waals surface area contributed by atoms with Crippen LogP contribution in [0.3, 0.4) is 0 Å². The van der Waals surface area contributed by atoms with Crippen molar-refractivity contribution in [2.75, 3.05) is 6.54 Å². The van der Waals surface area contributed by atoms with Crippen LogP contribution in [0.25, 0.3) is 0 Å². The van der Waals surface area contributed by atoms with E-state index in [-0.39, 0.29) is 5.91 Å². The lowest BCUT2D eigenvalue weighted by atomic mass is 10.1. The van der Waals surface area contributed by atoms with E-state index in [1.54, 1.807) is 0 Å². The van der Waals surface area contributed by atoms with Crippen LogP contribution in [0.2, 0.25) is 0 Å². The van der Waals surface area contributed by atoms with Gasteiger partial charge in [-0.3, -0.25) is 4.79 Å². The van der Waals surface area contributed by atoms with Crippen molar-refractivity contribution >= 4 is 28.5 Å². The molecular weight excluding hydrogens is 361 g/mol. The van der Waals surface area contributed by atoms with E-state index in [0.29, 0.717) is 0 Å². The number of unbranched alkanes of at least 4 members (excludes halogenated alkanes) is 11. The van der Waals surface area contributed by atoms with E-state index < -0.39 is 0 Å². The molecule has 20 heavy (non-hydrogen) atoms. The highest BCUT2D eigenvalue weighted by Gasteiger charge is 1.95. The second-order valence-corrected chi connectivity index (χ2v) is 5.90. The Kier molecular flexibility index (Phi) is 16.6. The number of amides is 1. The fourth-order valence-electron chi connectivity index (χ4n) is 2.26. The minimum atomic E-state index is -0.150. The molecule has 0 heterocycles. The van der Waals surface area contributed by atoms with E-state index in [2.05, 4.69) is 22.1 Å². The number of carbonyl (C=O) groups excluding carboxylic acids is 1. The second-order valence-electron chi connectivity index (χ2n) is 5.36. The maximum Gasteiger partial charge on any atom is 0.296 e. The number of rotatable bonds is 13. The summed E-state index contributed by atoms with van der Waals surface area (Å²) < 4.78 is 2.57. The predicted octanol–water partition coefficient (Wildman–Crippen LogP) is 5.20. The van der Waals surface area contributed by atoms with Crippen LogP contribution in [0.1, 0.15) is 84.0 Å². The van der Waals surface area contributed by atoms with Crippen molar-refractivity contribution in [1.29, 1.82) is 0 Å². The average molecular weight is 391 g/mol. The minimum Gasteiger partial charge on any atom is -0.345 e. The maximum absolute atomic E-state index is 11.1. The van der Waals surface area contributed by atoms with E-state index in [1.165, 1.54) is 70.6 Å². The molecule has 1 N–H and O–H groups in total. The van der Waals surface area contributed by atoms with Crippen molar-refractivity contribution in [2.24, 2.45) is 0 Å². The molecule has 1 amide bonds. The fraction of sp³-hybridized carbons (Fsp3) is 0.824. The summed E-state index contributed by atoms with van der Waals surface area (Å²) in [4.78, 5) is 11.1. The number of nitrogens with one attached hydrogen (secondary N) is 1. The van der Waals surface area contributed by atoms with E-state index in [0.717, 1.165) is 13.0 Å². The highest BCUT2D eigenvalue weighted by molar-refractivity contribution is 14.1. The molecule has 0 aromatic rings. The Morgan fingerprint density at radius 3 is 1.75 bits per heavy atom. The van der Waals surface area contributed by atoms with Gasteiger partial charge in [-0.05, 0) is 10.3 Å². The largest absolute Gasteiger partial charge is 0.345 e. The van der Waals surface area contributed by atoms with Gasteiger partial charge in [0.15, 0.2) is 0 Å². The monoisotopic (exact) mass is 391 g/mol. The fourth-order valence-corrected chi connectivity index (χ4v) is 2.50. The zero-order valence-electron chi connectivity index (χ0n) is 13.0. The Labute approximate surface area is 139 Å². The highest BCUT2D eigenvalue weighted by Crippen LogP contribution is 2.11. The second kappa shape index (κ2) is 16.8. The molecule has 0 saturated heterocycles. The number of halogens is 1. The average Bonchev–Trinajstić information content (AvgIpc) is 2.44. The summed E-state index contributed by atoms with van der Waals surface area (Å²) in [6.07, 6.45) is 16.1. The van der Waals surface area contributed by atoms with Gasteiger partial charge in [0.05, 0.1) is 0 Å². The van der Waals surface area contributed by atoms with Crippen LogP contribution >= 0.6 is 22.6 Å². The highest BCUT2D eigenvalue weighted by atomic mass is 127. The first-order chi connectivity index (χ1) is 9.81. The van der Waals surface area contributed by atoms with Crippen molar-refractivity contribution in [3.8, 4) is 9.85 Å². The zero-order chi connectivity index (χ0) is 14.9. The van der Waals surface area contributed by atoms with Crippen LogP contribution in [0.15, 0.2) is 0 Å². The topological polar surface area (TPSA) is 29.1 Å². The molecule has 0 aromatic heterocycles. The standard InChI is InChI=1S/C17H30INO/c1-2-3-4-5-6-7-8-9-10-11-12-13-16-19-17(20)14-15-18/h2-13,16H2,1H3,(H,19,20). The molecule has 0 saturated carbocycles. The summed E-state index contributed by atoms with van der Waals surface area (Å²) in [6, 6.07) is 0. The predicted molar refractivity (Wildman–Crippen MR) is 95.9 cm³/mol. The number of hydrogen-bond acceptors (Lipinski definition) is 1. The quantitative estimate of drug-likeness (QED) is 0.261. The first kappa shape index (κ1) is 19.8. The van der Waals surface area contributed by atoms with Gasteiger partial charge in [0.25, 0.3) is 5.91 Å². The molecule has 0 aliphatic heterocycles. The van der Waals surface area contributed by atoms with Gasteiger partial charge in [0.2, 0.25) is 0 Å². The normalized spacial score (nSPS) is 9.90. The Hall–Kier alpha value is -0.240. The van der Waals surface area contributed by atoms with E-state index in [9.17, 15) is 4.79 Å². The first-order valence-corrected chi connectivity index (χ1v) is 9.28. The molecule has 0 atom stereocenters. The van der Waals surface area contributed by atoms with Crippen molar-refractivity contribution < 1.29 is 4.79 Å². The lowest BCUT2D eigenvalue weighted by molar-refractivity contribution is -0.115. The van der Waals surface area contributed by atoms with Gasteiger partial charge in [0, 0.05) is 35.1 Å². The summed E-state index contributed by atoms with van der Waals surface area (Å²) >= 11 is 1.88. The summed E-state index contributed by atoms with van der Waals surface area (Å²) in [5, 5.41) is 2.80. The van der Waals surface area contributed by atoms with Gasteiger partial charge in [-0.1, -0.05) is 77.6 Å². The molecule has 0 aromatic carbocycles. The molecule has 0 aliphatic rings. The van der Waals surface area contributed by atoms with E-state index >= 15 is 0 Å². The molecular formula is C17H30INO. The van der Waals surface area contributed by atoms with E-state index in [4.69, 9.17) is 0 Å². The minimum absolute atomic E-state index is 0.150. The smallest absolute Gasteiger partial charge is 0.296 e. The summed E-state index contributed by atoms with van der Waals surface area (Å²) in [6.45, 7) is 3.03. The first-order valence-electron chi connectivity index (χ1n) is 8.20. The maximum atomic E-state index is 11.1. The molecule has 0 bridgehead atoms. The molecule has 0 spiro atoms. The van der Waals surface area contributed by atoms with Crippen LogP contribution in [-0.4, -0.2) is 12.5 Å².